The Morgan fingerprint density at radius 3 is 2.52 bits per heavy atom. The first-order valence-electron chi connectivity index (χ1n) is 9.47. The first kappa shape index (κ1) is 18.7. The number of halogens is 2. The summed E-state index contributed by atoms with van der Waals surface area (Å²) in [5, 5.41) is 1.39. The van der Waals surface area contributed by atoms with Crippen LogP contribution in [0.4, 0.5) is 0 Å². The third kappa shape index (κ3) is 3.14. The van der Waals surface area contributed by atoms with E-state index in [0.717, 1.165) is 18.4 Å². The van der Waals surface area contributed by atoms with Crippen molar-refractivity contribution >= 4 is 40.1 Å². The van der Waals surface area contributed by atoms with Gasteiger partial charge in [0.2, 0.25) is 5.76 Å². The predicted octanol–water partition coefficient (Wildman–Crippen LogP) is 4.82. The molecule has 5 nitrogen and oxygen atoms in total. The van der Waals surface area contributed by atoms with Gasteiger partial charge in [-0.1, -0.05) is 35.3 Å². The minimum absolute atomic E-state index is 0.0537. The number of ether oxygens (including phenoxy) is 1. The van der Waals surface area contributed by atoms with E-state index in [2.05, 4.69) is 0 Å². The lowest BCUT2D eigenvalue weighted by molar-refractivity contribution is 0.0486. The van der Waals surface area contributed by atoms with E-state index in [1.165, 1.54) is 0 Å². The molecule has 1 aromatic heterocycles. The molecule has 0 N–H and O–H groups in total. The lowest BCUT2D eigenvalue weighted by Gasteiger charge is -2.27. The van der Waals surface area contributed by atoms with E-state index in [0.29, 0.717) is 39.7 Å². The van der Waals surface area contributed by atoms with E-state index in [9.17, 15) is 9.59 Å². The molecule has 0 aliphatic carbocycles. The summed E-state index contributed by atoms with van der Waals surface area (Å²) in [6, 6.07) is 11.4. The molecule has 0 radical (unpaired) electrons. The minimum Gasteiger partial charge on any atom is -0.450 e. The van der Waals surface area contributed by atoms with Crippen molar-refractivity contribution in [2.24, 2.45) is 0 Å². The molecule has 2 aromatic carbocycles. The maximum atomic E-state index is 13.4. The first-order valence-corrected chi connectivity index (χ1v) is 10.2. The molecular weight excluding hydrogens is 413 g/mol. The Hall–Kier alpha value is -2.34. The zero-order chi connectivity index (χ0) is 20.1. The van der Waals surface area contributed by atoms with Crippen LogP contribution < -0.4 is 5.43 Å². The maximum absolute atomic E-state index is 13.4. The van der Waals surface area contributed by atoms with Crippen molar-refractivity contribution in [1.82, 2.24) is 4.90 Å². The van der Waals surface area contributed by atoms with Crippen LogP contribution in [0.25, 0.3) is 11.0 Å². The Balaban J connectivity index is 1.71. The summed E-state index contributed by atoms with van der Waals surface area (Å²) in [6.07, 6.45) is 1.79. The fourth-order valence-corrected chi connectivity index (χ4v) is 4.48. The van der Waals surface area contributed by atoms with Gasteiger partial charge in [0, 0.05) is 23.2 Å². The highest BCUT2D eigenvalue weighted by Gasteiger charge is 2.43. The summed E-state index contributed by atoms with van der Waals surface area (Å²) < 4.78 is 11.7. The molecule has 2 aliphatic heterocycles. The van der Waals surface area contributed by atoms with Crippen LogP contribution in [0.1, 0.15) is 40.6 Å². The van der Waals surface area contributed by atoms with Crippen molar-refractivity contribution in [3.8, 4) is 0 Å². The second kappa shape index (κ2) is 7.17. The average molecular weight is 430 g/mol. The van der Waals surface area contributed by atoms with Crippen LogP contribution in [0.3, 0.4) is 0 Å². The quantitative estimate of drug-likeness (QED) is 0.598. The van der Waals surface area contributed by atoms with Gasteiger partial charge in [0.05, 0.1) is 23.1 Å². The number of rotatable bonds is 3. The molecule has 5 rings (SSSR count). The second-order valence-corrected chi connectivity index (χ2v) is 8.23. The van der Waals surface area contributed by atoms with Gasteiger partial charge in [-0.15, -0.1) is 0 Å². The van der Waals surface area contributed by atoms with Gasteiger partial charge in [-0.3, -0.25) is 9.59 Å². The summed E-state index contributed by atoms with van der Waals surface area (Å²) in [7, 11) is 0. The molecule has 2 aliphatic rings. The van der Waals surface area contributed by atoms with Crippen LogP contribution in [0, 0.1) is 0 Å². The van der Waals surface area contributed by atoms with E-state index in [4.69, 9.17) is 32.4 Å². The third-order valence-electron chi connectivity index (χ3n) is 5.54. The zero-order valence-electron chi connectivity index (χ0n) is 15.4. The Bertz CT molecular complexity index is 1170. The van der Waals surface area contributed by atoms with Gasteiger partial charge in [-0.25, -0.2) is 0 Å². The Morgan fingerprint density at radius 2 is 1.79 bits per heavy atom. The van der Waals surface area contributed by atoms with Gasteiger partial charge < -0.3 is 14.1 Å². The van der Waals surface area contributed by atoms with E-state index >= 15 is 0 Å². The Labute approximate surface area is 176 Å². The summed E-state index contributed by atoms with van der Waals surface area (Å²) in [5.74, 6) is -0.216. The van der Waals surface area contributed by atoms with E-state index in [1.54, 1.807) is 35.2 Å². The lowest BCUT2D eigenvalue weighted by atomic mass is 9.98. The molecule has 2 atom stereocenters. The average Bonchev–Trinajstić information content (AvgIpc) is 3.32. The second-order valence-electron chi connectivity index (χ2n) is 7.36. The molecule has 3 aromatic rings. The number of benzene rings is 2. The summed E-state index contributed by atoms with van der Waals surface area (Å²) >= 11 is 12.1. The minimum atomic E-state index is -0.557. The molecule has 3 heterocycles. The van der Waals surface area contributed by atoms with Crippen LogP contribution in [-0.4, -0.2) is 30.1 Å². The number of fused-ring (bicyclic) bond motifs is 2. The summed E-state index contributed by atoms with van der Waals surface area (Å²) in [4.78, 5) is 28.4. The Kier molecular flexibility index (Phi) is 4.62. The lowest BCUT2D eigenvalue weighted by Crippen LogP contribution is -2.36. The standard InChI is InChI=1S/C22H17Cl2NO4/c23-13-5-3-12(4-6-13)19-18-20(26)16-10-14(24)7-8-17(16)29-21(18)22(27)25(19)11-15-2-1-9-28-15/h3-8,10,15,19H,1-2,9,11H2. The monoisotopic (exact) mass is 429 g/mol. The van der Waals surface area contributed by atoms with Crippen molar-refractivity contribution in [2.45, 2.75) is 25.0 Å². The number of carbonyl (C=O) groups excluding carboxylic acids is 1. The van der Waals surface area contributed by atoms with Crippen molar-refractivity contribution < 1.29 is 13.9 Å². The number of hydrogen-bond donors (Lipinski definition) is 0. The number of nitrogens with zero attached hydrogens (tertiary/aromatic N) is 1. The van der Waals surface area contributed by atoms with Gasteiger partial charge in [-0.05, 0) is 48.7 Å². The smallest absolute Gasteiger partial charge is 0.291 e. The van der Waals surface area contributed by atoms with Gasteiger partial charge in [0.25, 0.3) is 5.91 Å². The number of carbonyl (C=O) groups is 1. The van der Waals surface area contributed by atoms with Crippen molar-refractivity contribution in [3.63, 3.8) is 0 Å². The summed E-state index contributed by atoms with van der Waals surface area (Å²) in [5.41, 5.74) is 1.24. The van der Waals surface area contributed by atoms with Crippen LogP contribution in [0.15, 0.2) is 51.7 Å². The fraction of sp³-hybridized carbons (Fsp3) is 0.273. The molecule has 29 heavy (non-hydrogen) atoms. The van der Waals surface area contributed by atoms with E-state index in [1.807, 2.05) is 12.1 Å². The molecule has 2 unspecified atom stereocenters. The highest BCUT2D eigenvalue weighted by Crippen LogP contribution is 2.39. The van der Waals surface area contributed by atoms with Crippen LogP contribution in [-0.2, 0) is 4.74 Å². The third-order valence-corrected chi connectivity index (χ3v) is 6.02. The number of amides is 1. The largest absolute Gasteiger partial charge is 0.450 e. The van der Waals surface area contributed by atoms with Gasteiger partial charge in [-0.2, -0.15) is 0 Å². The van der Waals surface area contributed by atoms with Crippen molar-refractivity contribution in [1.29, 1.82) is 0 Å². The molecular formula is C22H17Cl2NO4. The molecule has 148 valence electrons. The van der Waals surface area contributed by atoms with Crippen LogP contribution in [0.2, 0.25) is 10.0 Å². The zero-order valence-corrected chi connectivity index (χ0v) is 16.9. The normalized spacial score (nSPS) is 21.2. The molecule has 1 saturated heterocycles. The van der Waals surface area contributed by atoms with Crippen molar-refractivity contribution in [2.75, 3.05) is 13.2 Å². The maximum Gasteiger partial charge on any atom is 0.291 e. The molecule has 1 amide bonds. The van der Waals surface area contributed by atoms with Crippen LogP contribution >= 0.6 is 23.2 Å². The molecule has 0 bridgehead atoms. The number of hydrogen-bond acceptors (Lipinski definition) is 4. The predicted molar refractivity (Wildman–Crippen MR) is 111 cm³/mol. The highest BCUT2D eigenvalue weighted by atomic mass is 35.5. The molecule has 7 heteroatoms. The van der Waals surface area contributed by atoms with Gasteiger partial charge >= 0.3 is 0 Å². The van der Waals surface area contributed by atoms with Crippen LogP contribution in [0.5, 0.6) is 0 Å². The fourth-order valence-electron chi connectivity index (χ4n) is 4.18. The van der Waals surface area contributed by atoms with Gasteiger partial charge in [0.15, 0.2) is 5.43 Å². The first-order chi connectivity index (χ1) is 14.0. The summed E-state index contributed by atoms with van der Waals surface area (Å²) in [6.45, 7) is 1.08. The van der Waals surface area contributed by atoms with Crippen molar-refractivity contribution in [3.05, 3.63) is 79.6 Å². The molecule has 0 spiro atoms. The highest BCUT2D eigenvalue weighted by molar-refractivity contribution is 6.31. The molecule has 1 fully saturated rings. The molecule has 0 saturated carbocycles. The topological polar surface area (TPSA) is 59.8 Å². The van der Waals surface area contributed by atoms with E-state index in [-0.39, 0.29) is 23.2 Å². The van der Waals surface area contributed by atoms with Gasteiger partial charge in [0.1, 0.15) is 5.58 Å². The SMILES string of the molecule is O=C1c2oc3ccc(Cl)cc3c(=O)c2C(c2ccc(Cl)cc2)N1CC1CCCO1. The van der Waals surface area contributed by atoms with E-state index < -0.39 is 6.04 Å². The Morgan fingerprint density at radius 1 is 1.03 bits per heavy atom.